The zero-order chi connectivity index (χ0) is 17.3. The molecule has 4 nitrogen and oxygen atoms in total. The normalized spacial score (nSPS) is 16.4. The van der Waals surface area contributed by atoms with E-state index in [1.165, 1.54) is 11.6 Å². The molecule has 0 radical (unpaired) electrons. The number of nitrogens with zero attached hydrogens (tertiary/aromatic N) is 2. The molecule has 1 aliphatic carbocycles. The molecule has 0 saturated heterocycles. The van der Waals surface area contributed by atoms with Crippen molar-refractivity contribution in [3.05, 3.63) is 27.8 Å². The third-order valence-electron chi connectivity index (χ3n) is 3.80. The van der Waals surface area contributed by atoms with Crippen LogP contribution in [0.2, 0.25) is 5.15 Å². The summed E-state index contributed by atoms with van der Waals surface area (Å²) < 4.78 is 38.3. The minimum atomic E-state index is -4.47. The van der Waals surface area contributed by atoms with Crippen LogP contribution in [0.15, 0.2) is 17.6 Å². The minimum absolute atomic E-state index is 0.0700. The summed E-state index contributed by atoms with van der Waals surface area (Å²) in [6.07, 6.45) is -0.693. The van der Waals surface area contributed by atoms with E-state index >= 15 is 0 Å². The number of ketones is 1. The van der Waals surface area contributed by atoms with Gasteiger partial charge < -0.3 is 5.32 Å². The molecule has 0 aromatic carbocycles. The molecule has 0 atom stereocenters. The number of Topliss-reactive ketones (excluding diaryl/α,β-unsaturated/α-hetero) is 1. The van der Waals surface area contributed by atoms with Crippen molar-refractivity contribution in [1.82, 2.24) is 9.97 Å². The van der Waals surface area contributed by atoms with Crippen molar-refractivity contribution in [2.45, 2.75) is 37.9 Å². The Morgan fingerprint density at radius 3 is 2.62 bits per heavy atom. The first-order valence-electron chi connectivity index (χ1n) is 7.30. The fraction of sp³-hybridized carbons (Fsp3) is 0.400. The zero-order valence-electron chi connectivity index (χ0n) is 12.4. The van der Waals surface area contributed by atoms with Gasteiger partial charge in [0.25, 0.3) is 0 Å². The van der Waals surface area contributed by atoms with Gasteiger partial charge in [-0.1, -0.05) is 11.6 Å². The van der Waals surface area contributed by atoms with Gasteiger partial charge >= 0.3 is 6.18 Å². The molecule has 2 aromatic heterocycles. The predicted octanol–water partition coefficient (Wildman–Crippen LogP) is 4.80. The molecule has 3 rings (SSSR count). The van der Waals surface area contributed by atoms with Gasteiger partial charge in [-0.15, -0.1) is 11.3 Å². The fourth-order valence-electron chi connectivity index (χ4n) is 2.59. The van der Waals surface area contributed by atoms with E-state index in [2.05, 4.69) is 15.3 Å². The lowest BCUT2D eigenvalue weighted by Crippen LogP contribution is -2.26. The van der Waals surface area contributed by atoms with Gasteiger partial charge in [-0.3, -0.25) is 4.79 Å². The van der Waals surface area contributed by atoms with Gasteiger partial charge in [0.1, 0.15) is 10.9 Å². The summed E-state index contributed by atoms with van der Waals surface area (Å²) >= 11 is 6.46. The highest BCUT2D eigenvalue weighted by atomic mass is 35.5. The molecule has 0 amide bonds. The van der Waals surface area contributed by atoms with Crippen molar-refractivity contribution < 1.29 is 18.0 Å². The summed E-state index contributed by atoms with van der Waals surface area (Å²) in [6, 6.07) is 1.64. The van der Waals surface area contributed by atoms with Gasteiger partial charge in [0, 0.05) is 41.7 Å². The number of carbonyl (C=O) groups is 1. The Morgan fingerprint density at radius 1 is 1.29 bits per heavy atom. The Balaban J connectivity index is 1.88. The highest BCUT2D eigenvalue weighted by Gasteiger charge is 2.35. The van der Waals surface area contributed by atoms with Crippen LogP contribution in [0.4, 0.5) is 18.9 Å². The van der Waals surface area contributed by atoms with Crippen molar-refractivity contribution in [3.8, 4) is 11.3 Å². The summed E-state index contributed by atoms with van der Waals surface area (Å²) in [5, 5.41) is 3.95. The molecule has 2 heterocycles. The molecule has 0 bridgehead atoms. The fourth-order valence-corrected chi connectivity index (χ4v) is 3.43. The molecule has 2 aromatic rings. The van der Waals surface area contributed by atoms with E-state index in [-0.39, 0.29) is 22.7 Å². The Morgan fingerprint density at radius 2 is 2.00 bits per heavy atom. The molecule has 1 N–H and O–H groups in total. The van der Waals surface area contributed by atoms with Crippen molar-refractivity contribution in [3.63, 3.8) is 0 Å². The molecule has 0 unspecified atom stereocenters. The molecule has 128 valence electrons. The first kappa shape index (κ1) is 17.2. The molecule has 0 aliphatic heterocycles. The molecular weight excluding hydrogens is 363 g/mol. The van der Waals surface area contributed by atoms with Gasteiger partial charge in [-0.2, -0.15) is 13.2 Å². The van der Waals surface area contributed by atoms with E-state index < -0.39 is 11.2 Å². The van der Waals surface area contributed by atoms with Crippen molar-refractivity contribution in [2.75, 3.05) is 5.32 Å². The third-order valence-corrected chi connectivity index (χ3v) is 4.89. The Kier molecular flexibility index (Phi) is 4.78. The molecule has 1 saturated carbocycles. The second-order valence-electron chi connectivity index (χ2n) is 5.55. The number of anilines is 1. The maximum Gasteiger partial charge on any atom is 0.443 e. The lowest BCUT2D eigenvalue weighted by Gasteiger charge is -2.24. The standard InChI is InChI=1S/C15H13ClF3N3OS/c16-13-5-11(21-8-1-3-9(23)4-2-8)10(6-20-13)12-7-24-14(22-12)15(17,18)19/h5-8H,1-4H2,(H,20,21). The number of halogens is 4. The highest BCUT2D eigenvalue weighted by Crippen LogP contribution is 2.37. The summed E-state index contributed by atoms with van der Waals surface area (Å²) in [6.45, 7) is 0. The van der Waals surface area contributed by atoms with Gasteiger partial charge in [0.15, 0.2) is 5.01 Å². The van der Waals surface area contributed by atoms with Crippen LogP contribution in [0.3, 0.4) is 0 Å². The smallest absolute Gasteiger partial charge is 0.382 e. The Bertz CT molecular complexity index is 753. The van der Waals surface area contributed by atoms with Crippen LogP contribution in [0.5, 0.6) is 0 Å². The summed E-state index contributed by atoms with van der Waals surface area (Å²) in [5.74, 6) is 0.232. The van der Waals surface area contributed by atoms with Crippen LogP contribution in [0, 0.1) is 0 Å². The molecule has 1 fully saturated rings. The number of rotatable bonds is 3. The number of nitrogens with one attached hydrogen (secondary N) is 1. The van der Waals surface area contributed by atoms with Crippen LogP contribution in [-0.4, -0.2) is 21.8 Å². The van der Waals surface area contributed by atoms with E-state index in [0.29, 0.717) is 48.3 Å². The monoisotopic (exact) mass is 375 g/mol. The van der Waals surface area contributed by atoms with E-state index in [1.807, 2.05) is 0 Å². The molecule has 1 aliphatic rings. The van der Waals surface area contributed by atoms with Crippen LogP contribution < -0.4 is 5.32 Å². The SMILES string of the molecule is O=C1CCC(Nc2cc(Cl)ncc2-c2csc(C(F)(F)F)n2)CC1. The second kappa shape index (κ2) is 6.68. The van der Waals surface area contributed by atoms with E-state index in [1.54, 1.807) is 6.07 Å². The number of carbonyl (C=O) groups excluding carboxylic acids is 1. The van der Waals surface area contributed by atoms with E-state index in [9.17, 15) is 18.0 Å². The number of alkyl halides is 3. The molecule has 0 spiro atoms. The number of thiazole rings is 1. The number of hydrogen-bond acceptors (Lipinski definition) is 5. The number of pyridine rings is 1. The Hall–Kier alpha value is -1.67. The van der Waals surface area contributed by atoms with Crippen LogP contribution >= 0.6 is 22.9 Å². The predicted molar refractivity (Wildman–Crippen MR) is 86.2 cm³/mol. The first-order valence-corrected chi connectivity index (χ1v) is 8.55. The van der Waals surface area contributed by atoms with Crippen molar-refractivity contribution in [2.24, 2.45) is 0 Å². The van der Waals surface area contributed by atoms with Gasteiger partial charge in [0.2, 0.25) is 0 Å². The van der Waals surface area contributed by atoms with Crippen molar-refractivity contribution >= 4 is 34.4 Å². The molecule has 24 heavy (non-hydrogen) atoms. The quantitative estimate of drug-likeness (QED) is 0.783. The van der Waals surface area contributed by atoms with E-state index in [4.69, 9.17) is 11.6 Å². The summed E-state index contributed by atoms with van der Waals surface area (Å²) in [5.41, 5.74) is 1.24. The lowest BCUT2D eigenvalue weighted by atomic mass is 9.94. The van der Waals surface area contributed by atoms with Crippen LogP contribution in [0.25, 0.3) is 11.3 Å². The molecule has 9 heteroatoms. The summed E-state index contributed by atoms with van der Waals surface area (Å²) in [7, 11) is 0. The largest absolute Gasteiger partial charge is 0.443 e. The maximum absolute atomic E-state index is 12.8. The van der Waals surface area contributed by atoms with Gasteiger partial charge in [-0.25, -0.2) is 9.97 Å². The average Bonchev–Trinajstić information content (AvgIpc) is 3.00. The van der Waals surface area contributed by atoms with Crippen molar-refractivity contribution in [1.29, 1.82) is 0 Å². The molecular formula is C15H13ClF3N3OS. The van der Waals surface area contributed by atoms with Gasteiger partial charge in [-0.05, 0) is 18.9 Å². The van der Waals surface area contributed by atoms with Crippen LogP contribution in [-0.2, 0) is 11.0 Å². The maximum atomic E-state index is 12.8. The topological polar surface area (TPSA) is 54.9 Å². The number of aromatic nitrogens is 2. The highest BCUT2D eigenvalue weighted by molar-refractivity contribution is 7.10. The minimum Gasteiger partial charge on any atom is -0.382 e. The number of hydrogen-bond donors (Lipinski definition) is 1. The third kappa shape index (κ3) is 3.87. The van der Waals surface area contributed by atoms with Gasteiger partial charge in [0.05, 0.1) is 5.69 Å². The van der Waals surface area contributed by atoms with E-state index in [0.717, 1.165) is 0 Å². The first-order chi connectivity index (χ1) is 11.3. The van der Waals surface area contributed by atoms with Crippen LogP contribution in [0.1, 0.15) is 30.7 Å². The summed E-state index contributed by atoms with van der Waals surface area (Å²) in [4.78, 5) is 18.9. The second-order valence-corrected chi connectivity index (χ2v) is 6.79. The zero-order valence-corrected chi connectivity index (χ0v) is 13.9. The Labute approximate surface area is 145 Å². The average molecular weight is 376 g/mol. The lowest BCUT2D eigenvalue weighted by molar-refractivity contribution is -0.137.